The van der Waals surface area contributed by atoms with Crippen LogP contribution in [0.4, 0.5) is 5.13 Å². The van der Waals surface area contributed by atoms with Crippen molar-refractivity contribution >= 4 is 28.2 Å². The first-order chi connectivity index (χ1) is 6.90. The Morgan fingerprint density at radius 2 is 2.07 bits per heavy atom. The van der Waals surface area contributed by atoms with Crippen LogP contribution in [0, 0.1) is 0 Å². The molecular weight excluding hydrogens is 214 g/mol. The van der Waals surface area contributed by atoms with Crippen molar-refractivity contribution < 1.29 is 0 Å². The fourth-order valence-electron chi connectivity index (χ4n) is 2.39. The second-order valence-electron chi connectivity index (χ2n) is 4.01. The third-order valence-electron chi connectivity index (χ3n) is 2.98. The standard InChI is InChI=1S/C9H13N3S2/c1-2-8-4-6(3-7(1)14-8)11-9-12-10-5-13-9/h5-8H,1-4H2,(H,11,12). The smallest absolute Gasteiger partial charge is 0.205 e. The Bertz CT molecular complexity index is 289. The third kappa shape index (κ3) is 1.75. The van der Waals surface area contributed by atoms with Crippen LogP contribution in [0.15, 0.2) is 5.51 Å². The highest BCUT2D eigenvalue weighted by molar-refractivity contribution is 8.00. The second kappa shape index (κ2) is 3.70. The van der Waals surface area contributed by atoms with Crippen LogP contribution in [0.5, 0.6) is 0 Å². The molecule has 2 unspecified atom stereocenters. The van der Waals surface area contributed by atoms with Crippen molar-refractivity contribution in [3.05, 3.63) is 5.51 Å². The summed E-state index contributed by atoms with van der Waals surface area (Å²) in [5.41, 5.74) is 1.79. The molecule has 0 aliphatic carbocycles. The zero-order chi connectivity index (χ0) is 9.38. The first kappa shape index (κ1) is 8.97. The summed E-state index contributed by atoms with van der Waals surface area (Å²) >= 11 is 3.80. The molecule has 2 bridgehead atoms. The normalized spacial score (nSPS) is 35.9. The molecule has 14 heavy (non-hydrogen) atoms. The van der Waals surface area contributed by atoms with Gasteiger partial charge in [0.25, 0.3) is 0 Å². The first-order valence-electron chi connectivity index (χ1n) is 5.08. The van der Waals surface area contributed by atoms with E-state index in [-0.39, 0.29) is 0 Å². The maximum Gasteiger partial charge on any atom is 0.205 e. The molecule has 1 aromatic heterocycles. The zero-order valence-electron chi connectivity index (χ0n) is 7.85. The van der Waals surface area contributed by atoms with E-state index in [0.717, 1.165) is 15.6 Å². The largest absolute Gasteiger partial charge is 0.357 e. The number of fused-ring (bicyclic) bond motifs is 2. The van der Waals surface area contributed by atoms with Gasteiger partial charge in [-0.25, -0.2) is 0 Å². The fourth-order valence-corrected chi connectivity index (χ4v) is 4.68. The minimum Gasteiger partial charge on any atom is -0.357 e. The van der Waals surface area contributed by atoms with Gasteiger partial charge < -0.3 is 5.32 Å². The number of nitrogens with one attached hydrogen (secondary N) is 1. The van der Waals surface area contributed by atoms with Crippen molar-refractivity contribution in [3.8, 4) is 0 Å². The highest BCUT2D eigenvalue weighted by Crippen LogP contribution is 2.44. The molecule has 3 heterocycles. The molecule has 1 aromatic rings. The highest BCUT2D eigenvalue weighted by Gasteiger charge is 2.34. The topological polar surface area (TPSA) is 37.8 Å². The zero-order valence-corrected chi connectivity index (χ0v) is 9.48. The Balaban J connectivity index is 1.64. The molecular formula is C9H13N3S2. The van der Waals surface area contributed by atoms with Gasteiger partial charge in [-0.15, -0.1) is 10.2 Å². The van der Waals surface area contributed by atoms with Crippen LogP contribution >= 0.6 is 23.1 Å². The van der Waals surface area contributed by atoms with Crippen LogP contribution in [-0.2, 0) is 0 Å². The van der Waals surface area contributed by atoms with Gasteiger partial charge in [0, 0.05) is 16.5 Å². The molecule has 76 valence electrons. The number of anilines is 1. The molecule has 0 amide bonds. The number of hydrogen-bond acceptors (Lipinski definition) is 5. The number of rotatable bonds is 2. The van der Waals surface area contributed by atoms with Crippen LogP contribution in [0.3, 0.4) is 0 Å². The summed E-state index contributed by atoms with van der Waals surface area (Å²) in [5, 5.41) is 14.2. The summed E-state index contributed by atoms with van der Waals surface area (Å²) in [6.45, 7) is 0. The van der Waals surface area contributed by atoms with Crippen molar-refractivity contribution in [1.29, 1.82) is 0 Å². The lowest BCUT2D eigenvalue weighted by atomic mass is 10.1. The molecule has 5 heteroatoms. The minimum absolute atomic E-state index is 0.640. The number of thioether (sulfide) groups is 1. The van der Waals surface area contributed by atoms with Crippen molar-refractivity contribution in [2.75, 3.05) is 5.32 Å². The van der Waals surface area contributed by atoms with E-state index < -0.39 is 0 Å². The molecule has 2 saturated heterocycles. The Morgan fingerprint density at radius 3 is 2.71 bits per heavy atom. The predicted octanol–water partition coefficient (Wildman–Crippen LogP) is 2.38. The molecule has 0 spiro atoms. The summed E-state index contributed by atoms with van der Waals surface area (Å²) in [4.78, 5) is 0. The molecule has 0 radical (unpaired) electrons. The Kier molecular flexibility index (Phi) is 2.37. The molecule has 2 fully saturated rings. The third-order valence-corrected chi connectivity index (χ3v) is 5.23. The van der Waals surface area contributed by atoms with Gasteiger partial charge in [-0.05, 0) is 25.7 Å². The highest BCUT2D eigenvalue weighted by atomic mass is 32.2. The van der Waals surface area contributed by atoms with E-state index in [9.17, 15) is 0 Å². The Labute approximate surface area is 91.7 Å². The van der Waals surface area contributed by atoms with E-state index in [0.29, 0.717) is 6.04 Å². The first-order valence-corrected chi connectivity index (χ1v) is 6.90. The predicted molar refractivity (Wildman–Crippen MR) is 61.0 cm³/mol. The lowest BCUT2D eigenvalue weighted by molar-refractivity contribution is 0.608. The van der Waals surface area contributed by atoms with Crippen LogP contribution in [0.25, 0.3) is 0 Å². The fraction of sp³-hybridized carbons (Fsp3) is 0.778. The van der Waals surface area contributed by atoms with Crippen LogP contribution in [-0.4, -0.2) is 26.7 Å². The van der Waals surface area contributed by atoms with Gasteiger partial charge in [-0.2, -0.15) is 11.8 Å². The van der Waals surface area contributed by atoms with Gasteiger partial charge in [0.2, 0.25) is 5.13 Å². The Morgan fingerprint density at radius 1 is 1.29 bits per heavy atom. The van der Waals surface area contributed by atoms with Crippen molar-refractivity contribution in [2.45, 2.75) is 42.2 Å². The van der Waals surface area contributed by atoms with Gasteiger partial charge in [-0.1, -0.05) is 11.3 Å². The summed E-state index contributed by atoms with van der Waals surface area (Å²) in [5.74, 6) is 0. The summed E-state index contributed by atoms with van der Waals surface area (Å²) in [6, 6.07) is 0.640. The van der Waals surface area contributed by atoms with Gasteiger partial charge in [-0.3, -0.25) is 0 Å². The van der Waals surface area contributed by atoms with Crippen molar-refractivity contribution in [3.63, 3.8) is 0 Å². The maximum absolute atomic E-state index is 4.03. The monoisotopic (exact) mass is 227 g/mol. The van der Waals surface area contributed by atoms with Crippen molar-refractivity contribution in [2.24, 2.45) is 0 Å². The average Bonchev–Trinajstić information content (AvgIpc) is 2.77. The average molecular weight is 227 g/mol. The van der Waals surface area contributed by atoms with Gasteiger partial charge in [0.1, 0.15) is 5.51 Å². The quantitative estimate of drug-likeness (QED) is 0.842. The summed E-state index contributed by atoms with van der Waals surface area (Å²) < 4.78 is 0. The number of hydrogen-bond donors (Lipinski definition) is 1. The summed E-state index contributed by atoms with van der Waals surface area (Å²) in [6.07, 6.45) is 5.45. The molecule has 1 N–H and O–H groups in total. The second-order valence-corrected chi connectivity index (χ2v) is 6.45. The van der Waals surface area contributed by atoms with Gasteiger partial charge in [0.15, 0.2) is 0 Å². The number of aromatic nitrogens is 2. The maximum atomic E-state index is 4.03. The van der Waals surface area contributed by atoms with Gasteiger partial charge >= 0.3 is 0 Å². The number of nitrogens with zero attached hydrogens (tertiary/aromatic N) is 2. The molecule has 3 rings (SSSR count). The van der Waals surface area contributed by atoms with E-state index in [1.807, 2.05) is 0 Å². The van der Waals surface area contributed by atoms with Crippen LogP contribution in [0.1, 0.15) is 25.7 Å². The molecule has 2 aliphatic rings. The van der Waals surface area contributed by atoms with Crippen LogP contribution < -0.4 is 5.32 Å². The van der Waals surface area contributed by atoms with Crippen molar-refractivity contribution in [1.82, 2.24) is 10.2 Å². The minimum atomic E-state index is 0.640. The molecule has 2 atom stereocenters. The van der Waals surface area contributed by atoms with E-state index in [2.05, 4.69) is 27.3 Å². The van der Waals surface area contributed by atoms with E-state index >= 15 is 0 Å². The van der Waals surface area contributed by atoms with E-state index in [1.165, 1.54) is 25.7 Å². The SMILES string of the molecule is c1nnc(NC2CC3CCC(C2)S3)s1. The summed E-state index contributed by atoms with van der Waals surface area (Å²) in [7, 11) is 0. The Hall–Kier alpha value is -0.290. The van der Waals surface area contributed by atoms with E-state index in [4.69, 9.17) is 0 Å². The van der Waals surface area contributed by atoms with Gasteiger partial charge in [0.05, 0.1) is 0 Å². The molecule has 0 aromatic carbocycles. The van der Waals surface area contributed by atoms with E-state index in [1.54, 1.807) is 16.8 Å². The molecule has 0 saturated carbocycles. The lowest BCUT2D eigenvalue weighted by Crippen LogP contribution is -2.29. The molecule has 2 aliphatic heterocycles. The lowest BCUT2D eigenvalue weighted by Gasteiger charge is -2.27. The van der Waals surface area contributed by atoms with Crippen LogP contribution in [0.2, 0.25) is 0 Å². The molecule has 3 nitrogen and oxygen atoms in total.